The van der Waals surface area contributed by atoms with Crippen molar-refractivity contribution in [2.45, 2.75) is 27.2 Å². The predicted molar refractivity (Wildman–Crippen MR) is 256 cm³/mol. The molecule has 62 heavy (non-hydrogen) atoms. The topological polar surface area (TPSA) is 29.5 Å². The molecule has 0 aliphatic carbocycles. The summed E-state index contributed by atoms with van der Waals surface area (Å²) < 4.78 is 6.50. The van der Waals surface area contributed by atoms with E-state index in [1.54, 1.807) is 0 Å². The number of carbonyl (C=O) groups is 1. The third-order valence-electron chi connectivity index (χ3n) is 12.5. The summed E-state index contributed by atoms with van der Waals surface area (Å²) in [6.07, 6.45) is 2.40. The van der Waals surface area contributed by atoms with Crippen molar-refractivity contribution >= 4 is 32.9 Å². The van der Waals surface area contributed by atoms with Crippen LogP contribution in [0.2, 0.25) is 0 Å². The summed E-state index contributed by atoms with van der Waals surface area (Å²) in [7, 11) is -1.35. The predicted octanol–water partition coefficient (Wildman–Crippen LogP) is 15.8. The molecular formula is C58H43NO2S. The molecule has 298 valence electrons. The number of para-hydroxylation sites is 2. The molecule has 0 fully saturated rings. The van der Waals surface area contributed by atoms with E-state index in [0.717, 1.165) is 50.4 Å². The van der Waals surface area contributed by atoms with Gasteiger partial charge in [-0.15, -0.1) is 0 Å². The summed E-state index contributed by atoms with van der Waals surface area (Å²) in [6, 6.07) is 79.5. The van der Waals surface area contributed by atoms with Gasteiger partial charge in [0.15, 0.2) is 5.78 Å². The summed E-state index contributed by atoms with van der Waals surface area (Å²) >= 11 is 0. The van der Waals surface area contributed by atoms with Gasteiger partial charge in [0.05, 0.1) is 12.0 Å². The van der Waals surface area contributed by atoms with E-state index < -0.39 is 10.0 Å². The monoisotopic (exact) mass is 817 g/mol. The molecule has 0 aromatic heterocycles. The Morgan fingerprint density at radius 2 is 0.855 bits per heavy atom. The van der Waals surface area contributed by atoms with E-state index in [9.17, 15) is 4.79 Å². The molecule has 2 heterocycles. The maximum Gasteiger partial charge on any atom is 0.170 e. The maximum absolute atomic E-state index is 13.7. The minimum atomic E-state index is -1.35. The largest absolute Gasteiger partial charge is 0.484 e. The van der Waals surface area contributed by atoms with Crippen molar-refractivity contribution in [2.75, 3.05) is 11.2 Å². The first-order valence-corrected chi connectivity index (χ1v) is 23.2. The van der Waals surface area contributed by atoms with Crippen LogP contribution in [-0.4, -0.2) is 12.0 Å². The second kappa shape index (κ2) is 15.6. The van der Waals surface area contributed by atoms with Gasteiger partial charge in [0, 0.05) is 26.9 Å². The average Bonchev–Trinajstić information content (AvgIpc) is 3.61. The lowest BCUT2D eigenvalue weighted by molar-refractivity contribution is 0.0850. The van der Waals surface area contributed by atoms with Crippen LogP contribution in [0.1, 0.15) is 28.4 Å². The number of ketones is 1. The molecule has 4 heteroatoms. The van der Waals surface area contributed by atoms with Crippen molar-refractivity contribution in [2.24, 2.45) is 0 Å². The van der Waals surface area contributed by atoms with Gasteiger partial charge < -0.3 is 9.64 Å². The third-order valence-corrected chi connectivity index (χ3v) is 16.2. The molecule has 9 aromatic rings. The lowest BCUT2D eigenvalue weighted by atomic mass is 9.92. The number of hydrogen-bond donors (Lipinski definition) is 0. The molecule has 0 N–H and O–H groups in total. The van der Waals surface area contributed by atoms with Gasteiger partial charge in [-0.1, -0.05) is 152 Å². The number of anilines is 3. The van der Waals surface area contributed by atoms with Crippen molar-refractivity contribution in [3.05, 3.63) is 236 Å². The highest BCUT2D eigenvalue weighted by molar-refractivity contribution is 8.33. The maximum atomic E-state index is 13.7. The molecule has 9 aromatic carbocycles. The summed E-state index contributed by atoms with van der Waals surface area (Å²) in [4.78, 5) is 20.2. The molecule has 2 aliphatic rings. The standard InChI is InChI=1S/C58H43NO2S/c1-62(57-18-10-8-16-51(57)52-17-9-11-19-58(52)62)50-35-30-43(31-36-50)41-24-26-45(27-25-41)56-39-54(60)53-38-46(32-37-55(53)61-56)44-22-20-40(21-23-44)42-28-33-49(34-29-42)59(47-12-4-2-5-13-47)48-14-6-3-7-15-48/h2-38,56H,39H2,1H3. The summed E-state index contributed by atoms with van der Waals surface area (Å²) in [5, 5.41) is 0. The zero-order valence-corrected chi connectivity index (χ0v) is 35.1. The zero-order chi connectivity index (χ0) is 41.6. The molecule has 0 bridgehead atoms. The number of Topliss-reactive ketones (excluding diaryl/α,β-unsaturated/α-hetero) is 1. The molecule has 0 saturated carbocycles. The first kappa shape index (κ1) is 37.6. The summed E-state index contributed by atoms with van der Waals surface area (Å²) in [5.41, 5.74) is 14.3. The fourth-order valence-electron chi connectivity index (χ4n) is 9.22. The number of nitrogens with zero attached hydrogens (tertiary/aromatic N) is 1. The quantitative estimate of drug-likeness (QED) is 0.153. The lowest BCUT2D eigenvalue weighted by Gasteiger charge is -2.34. The Labute approximate surface area is 364 Å². The van der Waals surface area contributed by atoms with Gasteiger partial charge in [-0.25, -0.2) is 0 Å². The minimum Gasteiger partial charge on any atom is -0.484 e. The third kappa shape index (κ3) is 6.61. The van der Waals surface area contributed by atoms with Crippen LogP contribution in [0.4, 0.5) is 17.1 Å². The number of rotatable bonds is 8. The van der Waals surface area contributed by atoms with Crippen LogP contribution >= 0.6 is 10.0 Å². The number of fused-ring (bicyclic) bond motifs is 4. The minimum absolute atomic E-state index is 0.0978. The van der Waals surface area contributed by atoms with Crippen molar-refractivity contribution < 1.29 is 9.53 Å². The molecule has 3 nitrogen and oxygen atoms in total. The Kier molecular flexibility index (Phi) is 9.44. The molecule has 2 aliphatic heterocycles. The van der Waals surface area contributed by atoms with Crippen LogP contribution in [0.25, 0.3) is 44.5 Å². The van der Waals surface area contributed by atoms with Crippen LogP contribution in [0, 0.1) is 0 Å². The van der Waals surface area contributed by atoms with Crippen LogP contribution in [0.3, 0.4) is 0 Å². The van der Waals surface area contributed by atoms with Crippen LogP contribution in [0.15, 0.2) is 239 Å². The first-order chi connectivity index (χ1) is 30.5. The van der Waals surface area contributed by atoms with E-state index in [1.165, 1.54) is 31.4 Å². The molecular weight excluding hydrogens is 775 g/mol. The highest BCUT2D eigenvalue weighted by Gasteiger charge is 2.36. The van der Waals surface area contributed by atoms with Crippen molar-refractivity contribution in [1.82, 2.24) is 0 Å². The molecule has 1 unspecified atom stereocenters. The molecule has 11 rings (SSSR count). The summed E-state index contributed by atoms with van der Waals surface area (Å²) in [6.45, 7) is 0. The summed E-state index contributed by atoms with van der Waals surface area (Å²) in [5.74, 6) is 0.734. The van der Waals surface area contributed by atoms with Gasteiger partial charge in [0.2, 0.25) is 0 Å². The van der Waals surface area contributed by atoms with E-state index in [4.69, 9.17) is 4.74 Å². The number of hydrogen-bond acceptors (Lipinski definition) is 3. The van der Waals surface area contributed by atoms with E-state index in [-0.39, 0.29) is 11.9 Å². The number of ether oxygens (including phenoxy) is 1. The second-order valence-electron chi connectivity index (χ2n) is 16.1. The van der Waals surface area contributed by atoms with E-state index in [1.807, 2.05) is 24.3 Å². The Bertz CT molecular complexity index is 2990. The van der Waals surface area contributed by atoms with E-state index in [0.29, 0.717) is 17.7 Å². The fourth-order valence-corrected chi connectivity index (χ4v) is 12.6. The van der Waals surface area contributed by atoms with Crippen LogP contribution in [0.5, 0.6) is 5.75 Å². The number of benzene rings is 9. The average molecular weight is 818 g/mol. The van der Waals surface area contributed by atoms with Crippen LogP contribution < -0.4 is 9.64 Å². The van der Waals surface area contributed by atoms with E-state index in [2.05, 4.69) is 211 Å². The van der Waals surface area contributed by atoms with Crippen molar-refractivity contribution in [3.8, 4) is 50.3 Å². The SMILES string of the molecule is CS1(c2ccc(-c3ccc(C4CC(=O)c5cc(-c6ccc(-c7ccc(N(c8ccccc8)c8ccccc8)cc7)cc6)ccc5O4)cc3)cc2)c2ccccc2-c2ccccc21. The van der Waals surface area contributed by atoms with Gasteiger partial charge in [-0.05, 0) is 134 Å². The van der Waals surface area contributed by atoms with E-state index >= 15 is 0 Å². The van der Waals surface area contributed by atoms with Gasteiger partial charge in [0.1, 0.15) is 11.9 Å². The smallest absolute Gasteiger partial charge is 0.170 e. The highest BCUT2D eigenvalue weighted by Crippen LogP contribution is 2.73. The van der Waals surface area contributed by atoms with Crippen molar-refractivity contribution in [3.63, 3.8) is 0 Å². The first-order valence-electron chi connectivity index (χ1n) is 21.1. The van der Waals surface area contributed by atoms with Crippen LogP contribution in [-0.2, 0) is 0 Å². The van der Waals surface area contributed by atoms with Gasteiger partial charge >= 0.3 is 0 Å². The van der Waals surface area contributed by atoms with Gasteiger partial charge in [0.25, 0.3) is 0 Å². The Balaban J connectivity index is 0.775. The number of carbonyl (C=O) groups excluding carboxylic acids is 1. The zero-order valence-electron chi connectivity index (χ0n) is 34.3. The fraction of sp³-hybridized carbons (Fsp3) is 0.0517. The molecule has 0 radical (unpaired) electrons. The molecule has 0 spiro atoms. The lowest BCUT2D eigenvalue weighted by Crippen LogP contribution is -2.20. The van der Waals surface area contributed by atoms with Crippen molar-refractivity contribution in [1.29, 1.82) is 0 Å². The normalized spacial score (nSPS) is 15.1. The Hall–Kier alpha value is -7.40. The van der Waals surface area contributed by atoms with Gasteiger partial charge in [-0.3, -0.25) is 4.79 Å². The van der Waals surface area contributed by atoms with Gasteiger partial charge in [-0.2, -0.15) is 10.0 Å². The highest BCUT2D eigenvalue weighted by atomic mass is 32.3. The Morgan fingerprint density at radius 3 is 1.40 bits per heavy atom. The molecule has 0 amide bonds. The Morgan fingerprint density at radius 1 is 0.435 bits per heavy atom. The molecule has 0 saturated heterocycles. The molecule has 1 atom stereocenters. The second-order valence-corrected chi connectivity index (χ2v) is 19.3.